The maximum Gasteiger partial charge on any atom is 0.288 e. The van der Waals surface area contributed by atoms with E-state index >= 15 is 0 Å². The van der Waals surface area contributed by atoms with Crippen LogP contribution < -0.4 is 15.5 Å². The summed E-state index contributed by atoms with van der Waals surface area (Å²) in [5.74, 6) is -2.92. The molecule has 8 heteroatoms. The van der Waals surface area contributed by atoms with E-state index in [2.05, 4.69) is 10.6 Å². The Bertz CT molecular complexity index is 768. The summed E-state index contributed by atoms with van der Waals surface area (Å²) in [5, 5.41) is 5.48. The molecule has 5 nitrogen and oxygen atoms in total. The lowest BCUT2D eigenvalue weighted by Gasteiger charge is -2.14. The normalized spacial score (nSPS) is 11.9. The van der Waals surface area contributed by atoms with E-state index in [1.807, 2.05) is 31.2 Å². The van der Waals surface area contributed by atoms with Crippen LogP contribution >= 0.6 is 11.8 Å². The molecular weight excluding hydrogens is 372 g/mol. The Morgan fingerprint density at radius 1 is 0.926 bits per heavy atom. The van der Waals surface area contributed by atoms with Crippen LogP contribution in [0.25, 0.3) is 0 Å². The summed E-state index contributed by atoms with van der Waals surface area (Å²) >= 11 is 0.450. The molecule has 0 bridgehead atoms. The summed E-state index contributed by atoms with van der Waals surface area (Å²) in [6, 6.07) is 13.7. The highest BCUT2D eigenvalue weighted by Crippen LogP contribution is 2.26. The second-order valence-corrected chi connectivity index (χ2v) is 7.24. The first kappa shape index (κ1) is 20.9. The molecule has 1 unspecified atom stereocenters. The molecular formula is C19H22F2N3O2S+. The highest BCUT2D eigenvalue weighted by atomic mass is 32.2. The Labute approximate surface area is 161 Å². The van der Waals surface area contributed by atoms with Crippen molar-refractivity contribution >= 4 is 35.0 Å². The molecule has 0 aliphatic rings. The zero-order chi connectivity index (χ0) is 19.8. The van der Waals surface area contributed by atoms with Gasteiger partial charge in [-0.15, -0.1) is 0 Å². The summed E-state index contributed by atoms with van der Waals surface area (Å²) in [5.41, 5.74) is 2.34. The van der Waals surface area contributed by atoms with Gasteiger partial charge in [0.1, 0.15) is 0 Å². The molecule has 2 rings (SSSR count). The van der Waals surface area contributed by atoms with Crippen LogP contribution in [0.5, 0.6) is 0 Å². The first-order valence-corrected chi connectivity index (χ1v) is 9.22. The maximum atomic E-state index is 12.3. The number of benzene rings is 2. The number of carbonyl (C=O) groups is 2. The number of halogens is 2. The number of anilines is 2. The Morgan fingerprint density at radius 3 is 1.81 bits per heavy atom. The number of hydrogen-bond donors (Lipinski definition) is 3. The van der Waals surface area contributed by atoms with Crippen LogP contribution in [0.3, 0.4) is 0 Å². The minimum atomic E-state index is -2.48. The number of rotatable bonds is 8. The zero-order valence-electron chi connectivity index (χ0n) is 15.1. The summed E-state index contributed by atoms with van der Waals surface area (Å²) in [4.78, 5) is 25.3. The Balaban J connectivity index is 1.77. The molecule has 0 heterocycles. The average Bonchev–Trinajstić information content (AvgIpc) is 2.58. The summed E-state index contributed by atoms with van der Waals surface area (Å²) in [6.07, 6.45) is 0. The van der Waals surface area contributed by atoms with E-state index in [4.69, 9.17) is 0 Å². The number of alkyl halides is 2. The molecule has 0 aromatic heterocycles. The van der Waals surface area contributed by atoms with Crippen LogP contribution in [0.1, 0.15) is 5.56 Å². The molecule has 2 aromatic rings. The molecule has 0 aliphatic carbocycles. The van der Waals surface area contributed by atoms with Crippen molar-refractivity contribution in [2.45, 2.75) is 17.6 Å². The second-order valence-electron chi connectivity index (χ2n) is 6.18. The number of nitrogens with one attached hydrogen (secondary N) is 3. The number of likely N-dealkylation sites (N-methyl/N-ethyl adjacent to an activating group) is 1. The fourth-order valence-corrected chi connectivity index (χ4v) is 2.88. The van der Waals surface area contributed by atoms with Crippen LogP contribution in [-0.4, -0.2) is 37.7 Å². The van der Waals surface area contributed by atoms with Crippen LogP contribution in [-0.2, 0) is 9.59 Å². The highest BCUT2D eigenvalue weighted by Gasteiger charge is 2.15. The van der Waals surface area contributed by atoms with Gasteiger partial charge in [-0.2, -0.15) is 8.78 Å². The standard InChI is InChI=1S/C19H21F2N3O2S/c1-13-3-5-14(6-4-13)22-17(25)11-24(2)12-18(26)23-15-7-9-16(10-8-15)27-19(20)21/h3-10,19H,11-12H2,1-2H3,(H,22,25)(H,23,26)/p+1. The topological polar surface area (TPSA) is 62.6 Å². The third kappa shape index (κ3) is 7.76. The molecule has 27 heavy (non-hydrogen) atoms. The van der Waals surface area contributed by atoms with Crippen molar-refractivity contribution in [1.82, 2.24) is 0 Å². The molecule has 1 atom stereocenters. The van der Waals surface area contributed by atoms with Crippen LogP contribution in [0.4, 0.5) is 20.2 Å². The van der Waals surface area contributed by atoms with Crippen molar-refractivity contribution in [3.8, 4) is 0 Å². The van der Waals surface area contributed by atoms with Gasteiger partial charge in [0.15, 0.2) is 13.1 Å². The number of quaternary nitrogens is 1. The fourth-order valence-electron chi connectivity index (χ4n) is 2.38. The summed E-state index contributed by atoms with van der Waals surface area (Å²) < 4.78 is 24.6. The molecule has 2 aromatic carbocycles. The van der Waals surface area contributed by atoms with Crippen LogP contribution in [0.2, 0.25) is 0 Å². The second kappa shape index (κ2) is 10.0. The third-order valence-corrected chi connectivity index (χ3v) is 4.35. The SMILES string of the molecule is Cc1ccc(NC(=O)C[NH+](C)CC(=O)Nc2ccc(SC(F)F)cc2)cc1. The summed E-state index contributed by atoms with van der Waals surface area (Å²) in [7, 11) is 1.75. The van der Waals surface area contributed by atoms with E-state index < -0.39 is 5.76 Å². The van der Waals surface area contributed by atoms with E-state index in [0.717, 1.165) is 10.5 Å². The van der Waals surface area contributed by atoms with Gasteiger partial charge >= 0.3 is 0 Å². The zero-order valence-corrected chi connectivity index (χ0v) is 15.9. The predicted octanol–water partition coefficient (Wildman–Crippen LogP) is 2.40. The third-order valence-electron chi connectivity index (χ3n) is 3.62. The van der Waals surface area contributed by atoms with Gasteiger partial charge in [-0.3, -0.25) is 9.59 Å². The number of aryl methyl sites for hydroxylation is 1. The Hall–Kier alpha value is -2.45. The van der Waals surface area contributed by atoms with Crippen LogP contribution in [0.15, 0.2) is 53.4 Å². The minimum Gasteiger partial charge on any atom is -0.322 e. The van der Waals surface area contributed by atoms with Crippen molar-refractivity contribution in [3.63, 3.8) is 0 Å². The molecule has 0 saturated carbocycles. The molecule has 3 N–H and O–H groups in total. The van der Waals surface area contributed by atoms with Crippen molar-refractivity contribution in [2.24, 2.45) is 0 Å². The lowest BCUT2D eigenvalue weighted by Crippen LogP contribution is -3.11. The number of thioether (sulfide) groups is 1. The lowest BCUT2D eigenvalue weighted by molar-refractivity contribution is -0.862. The quantitative estimate of drug-likeness (QED) is 0.603. The number of hydrogen-bond acceptors (Lipinski definition) is 3. The van der Waals surface area contributed by atoms with Crippen molar-refractivity contribution in [2.75, 3.05) is 30.8 Å². The smallest absolute Gasteiger partial charge is 0.288 e. The lowest BCUT2D eigenvalue weighted by atomic mass is 10.2. The van der Waals surface area contributed by atoms with Gasteiger partial charge in [0, 0.05) is 16.3 Å². The summed E-state index contributed by atoms with van der Waals surface area (Å²) in [6.45, 7) is 2.22. The molecule has 0 saturated heterocycles. The van der Waals surface area contributed by atoms with Gasteiger partial charge < -0.3 is 15.5 Å². The van der Waals surface area contributed by atoms with Gasteiger partial charge in [-0.05, 0) is 43.3 Å². The van der Waals surface area contributed by atoms with Crippen molar-refractivity contribution in [3.05, 3.63) is 54.1 Å². The molecule has 2 amide bonds. The highest BCUT2D eigenvalue weighted by molar-refractivity contribution is 7.99. The van der Waals surface area contributed by atoms with E-state index in [0.29, 0.717) is 28.0 Å². The van der Waals surface area contributed by atoms with Crippen molar-refractivity contribution in [1.29, 1.82) is 0 Å². The van der Waals surface area contributed by atoms with Gasteiger partial charge in [0.05, 0.1) is 7.05 Å². The van der Waals surface area contributed by atoms with E-state index in [9.17, 15) is 18.4 Å². The molecule has 0 radical (unpaired) electrons. The monoisotopic (exact) mass is 394 g/mol. The first-order chi connectivity index (χ1) is 12.8. The molecule has 0 fully saturated rings. The fraction of sp³-hybridized carbons (Fsp3) is 0.263. The molecule has 0 aliphatic heterocycles. The number of carbonyl (C=O) groups excluding carboxylic acids is 2. The van der Waals surface area contributed by atoms with Crippen molar-refractivity contribution < 1.29 is 23.3 Å². The average molecular weight is 394 g/mol. The largest absolute Gasteiger partial charge is 0.322 e. The van der Waals surface area contributed by atoms with Gasteiger partial charge in [0.25, 0.3) is 17.6 Å². The number of amides is 2. The van der Waals surface area contributed by atoms with E-state index in [1.54, 1.807) is 19.2 Å². The molecule has 144 valence electrons. The maximum absolute atomic E-state index is 12.3. The van der Waals surface area contributed by atoms with E-state index in [1.165, 1.54) is 12.1 Å². The van der Waals surface area contributed by atoms with Gasteiger partial charge in [-0.25, -0.2) is 0 Å². The van der Waals surface area contributed by atoms with Gasteiger partial charge in [0.2, 0.25) is 0 Å². The minimum absolute atomic E-state index is 0.106. The van der Waals surface area contributed by atoms with E-state index in [-0.39, 0.29) is 24.9 Å². The Kier molecular flexibility index (Phi) is 7.75. The first-order valence-electron chi connectivity index (χ1n) is 8.34. The van der Waals surface area contributed by atoms with Crippen LogP contribution in [0, 0.1) is 6.92 Å². The predicted molar refractivity (Wildman–Crippen MR) is 103 cm³/mol. The molecule has 0 spiro atoms. The van der Waals surface area contributed by atoms with Gasteiger partial charge in [-0.1, -0.05) is 29.5 Å². The Morgan fingerprint density at radius 2 is 1.37 bits per heavy atom.